The summed E-state index contributed by atoms with van der Waals surface area (Å²) in [5, 5.41) is 6.48. The average Bonchev–Trinajstić information content (AvgIpc) is 3.02. The van der Waals surface area contributed by atoms with Crippen LogP contribution in [0.4, 0.5) is 0 Å². The Kier molecular flexibility index (Phi) is 6.53. The summed E-state index contributed by atoms with van der Waals surface area (Å²) < 4.78 is 0. The average molecular weight is 386 g/mol. The van der Waals surface area contributed by atoms with Crippen molar-refractivity contribution in [3.05, 3.63) is 59.2 Å². The maximum Gasteiger partial charge on any atom is 0.251 e. The molecule has 1 atom stereocenters. The molecule has 0 saturated carbocycles. The summed E-state index contributed by atoms with van der Waals surface area (Å²) in [6, 6.07) is 15.1. The molecular weight excluding hydrogens is 358 g/mol. The number of fused-ring (bicyclic) bond motifs is 3. The van der Waals surface area contributed by atoms with Crippen molar-refractivity contribution in [3.8, 4) is 11.1 Å². The van der Waals surface area contributed by atoms with Crippen LogP contribution in [0.15, 0.2) is 42.5 Å². The normalized spacial score (nSPS) is 18.3. The fraction of sp³-hybridized carbons (Fsp3) is 0.409. The molecule has 5 heteroatoms. The number of hydrogen-bond donors (Lipinski definition) is 2. The van der Waals surface area contributed by atoms with Crippen LogP contribution in [0.25, 0.3) is 11.1 Å². The van der Waals surface area contributed by atoms with Crippen LogP contribution in [0.1, 0.15) is 47.3 Å². The fourth-order valence-electron chi connectivity index (χ4n) is 4.14. The lowest BCUT2D eigenvalue weighted by atomic mass is 10.00. The van der Waals surface area contributed by atoms with E-state index in [0.29, 0.717) is 0 Å². The van der Waals surface area contributed by atoms with Gasteiger partial charge in [-0.3, -0.25) is 9.69 Å². The molecule has 27 heavy (non-hydrogen) atoms. The molecular formula is C22H28ClN3O. The monoisotopic (exact) mass is 385 g/mol. The number of amides is 1. The molecule has 1 amide bonds. The minimum Gasteiger partial charge on any atom is -0.352 e. The number of carbonyl (C=O) groups excluding carboxylic acids is 1. The molecule has 1 saturated heterocycles. The minimum atomic E-state index is 0. The summed E-state index contributed by atoms with van der Waals surface area (Å²) in [5.74, 6) is 0.0382. The highest BCUT2D eigenvalue weighted by Gasteiger charge is 2.33. The number of hydrogen-bond acceptors (Lipinski definition) is 3. The smallest absolute Gasteiger partial charge is 0.251 e. The second-order valence-corrected chi connectivity index (χ2v) is 7.19. The van der Waals surface area contributed by atoms with Crippen LogP contribution in [0.3, 0.4) is 0 Å². The summed E-state index contributed by atoms with van der Waals surface area (Å²) in [6.45, 7) is 6.98. The van der Waals surface area contributed by atoms with E-state index in [1.165, 1.54) is 22.3 Å². The zero-order valence-corrected chi connectivity index (χ0v) is 16.6. The van der Waals surface area contributed by atoms with Gasteiger partial charge in [0.05, 0.1) is 6.04 Å². The van der Waals surface area contributed by atoms with Crippen molar-refractivity contribution in [2.75, 3.05) is 32.7 Å². The summed E-state index contributed by atoms with van der Waals surface area (Å²) in [5.41, 5.74) is 6.00. The van der Waals surface area contributed by atoms with Gasteiger partial charge in [-0.15, -0.1) is 12.4 Å². The molecule has 1 aliphatic carbocycles. The van der Waals surface area contributed by atoms with E-state index in [0.717, 1.165) is 51.1 Å². The molecule has 4 nitrogen and oxygen atoms in total. The van der Waals surface area contributed by atoms with Crippen molar-refractivity contribution in [1.29, 1.82) is 0 Å². The Morgan fingerprint density at radius 3 is 2.63 bits per heavy atom. The highest BCUT2D eigenvalue weighted by Crippen LogP contribution is 2.46. The van der Waals surface area contributed by atoms with Crippen LogP contribution in [-0.2, 0) is 0 Å². The first-order valence-corrected chi connectivity index (χ1v) is 9.76. The second-order valence-electron chi connectivity index (χ2n) is 7.19. The first kappa shape index (κ1) is 19.9. The van der Waals surface area contributed by atoms with E-state index in [9.17, 15) is 4.79 Å². The Labute approximate surface area is 167 Å². The molecule has 1 unspecified atom stereocenters. The lowest BCUT2D eigenvalue weighted by molar-refractivity contribution is 0.0953. The molecule has 2 aliphatic rings. The first-order valence-electron chi connectivity index (χ1n) is 9.76. The third kappa shape index (κ3) is 3.88. The fourth-order valence-corrected chi connectivity index (χ4v) is 4.14. The summed E-state index contributed by atoms with van der Waals surface area (Å²) in [4.78, 5) is 15.1. The molecule has 2 N–H and O–H groups in total. The largest absolute Gasteiger partial charge is 0.352 e. The summed E-state index contributed by atoms with van der Waals surface area (Å²) in [6.07, 6.45) is 2.11. The molecule has 0 aromatic heterocycles. The zero-order valence-electron chi connectivity index (χ0n) is 15.8. The van der Waals surface area contributed by atoms with Gasteiger partial charge in [-0.2, -0.15) is 0 Å². The van der Waals surface area contributed by atoms with Gasteiger partial charge in [-0.05, 0) is 40.8 Å². The predicted octanol–water partition coefficient (Wildman–Crippen LogP) is 3.61. The predicted molar refractivity (Wildman–Crippen MR) is 113 cm³/mol. The highest BCUT2D eigenvalue weighted by atomic mass is 35.5. The maximum absolute atomic E-state index is 12.5. The van der Waals surface area contributed by atoms with E-state index < -0.39 is 0 Å². The van der Waals surface area contributed by atoms with Gasteiger partial charge in [0.1, 0.15) is 0 Å². The van der Waals surface area contributed by atoms with Crippen LogP contribution in [-0.4, -0.2) is 43.5 Å². The van der Waals surface area contributed by atoms with Crippen molar-refractivity contribution < 1.29 is 4.79 Å². The minimum absolute atomic E-state index is 0. The van der Waals surface area contributed by atoms with Crippen LogP contribution >= 0.6 is 12.4 Å². The Morgan fingerprint density at radius 2 is 1.85 bits per heavy atom. The van der Waals surface area contributed by atoms with E-state index in [1.54, 1.807) is 0 Å². The molecule has 0 bridgehead atoms. The van der Waals surface area contributed by atoms with Crippen LogP contribution in [0.2, 0.25) is 0 Å². The third-order valence-corrected chi connectivity index (χ3v) is 5.49. The highest BCUT2D eigenvalue weighted by molar-refractivity contribution is 5.96. The molecule has 1 heterocycles. The van der Waals surface area contributed by atoms with Gasteiger partial charge in [0.15, 0.2) is 0 Å². The van der Waals surface area contributed by atoms with Gasteiger partial charge in [-0.1, -0.05) is 43.7 Å². The number of piperazine rings is 1. The Morgan fingerprint density at radius 1 is 1.11 bits per heavy atom. The van der Waals surface area contributed by atoms with Crippen molar-refractivity contribution in [2.45, 2.75) is 25.8 Å². The van der Waals surface area contributed by atoms with Gasteiger partial charge >= 0.3 is 0 Å². The van der Waals surface area contributed by atoms with Crippen LogP contribution in [0.5, 0.6) is 0 Å². The van der Waals surface area contributed by atoms with E-state index in [1.807, 2.05) is 6.07 Å². The molecule has 1 fully saturated rings. The summed E-state index contributed by atoms with van der Waals surface area (Å²) >= 11 is 0. The van der Waals surface area contributed by atoms with Crippen molar-refractivity contribution in [3.63, 3.8) is 0 Å². The molecule has 2 aromatic carbocycles. The maximum atomic E-state index is 12.5. The van der Waals surface area contributed by atoms with Gasteiger partial charge in [0, 0.05) is 38.3 Å². The van der Waals surface area contributed by atoms with Crippen LogP contribution < -0.4 is 10.6 Å². The Bertz CT molecular complexity index is 802. The molecule has 0 spiro atoms. The van der Waals surface area contributed by atoms with Gasteiger partial charge in [-0.25, -0.2) is 0 Å². The number of rotatable bonds is 5. The molecule has 144 valence electrons. The topological polar surface area (TPSA) is 44.4 Å². The van der Waals surface area contributed by atoms with Crippen molar-refractivity contribution in [2.24, 2.45) is 0 Å². The molecule has 2 aromatic rings. The van der Waals surface area contributed by atoms with Gasteiger partial charge in [0.2, 0.25) is 0 Å². The number of carbonyl (C=O) groups is 1. The van der Waals surface area contributed by atoms with Crippen LogP contribution in [0, 0.1) is 0 Å². The Balaban J connectivity index is 0.00000210. The molecule has 1 aliphatic heterocycles. The van der Waals surface area contributed by atoms with Crippen molar-refractivity contribution in [1.82, 2.24) is 15.5 Å². The van der Waals surface area contributed by atoms with E-state index >= 15 is 0 Å². The quantitative estimate of drug-likeness (QED) is 0.773. The number of nitrogens with one attached hydrogen (secondary N) is 2. The van der Waals surface area contributed by atoms with E-state index in [-0.39, 0.29) is 24.4 Å². The second kappa shape index (κ2) is 8.87. The Hall–Kier alpha value is -1.88. The molecule has 0 radical (unpaired) electrons. The molecule has 4 rings (SSSR count). The lowest BCUT2D eigenvalue weighted by Crippen LogP contribution is -2.45. The third-order valence-electron chi connectivity index (χ3n) is 5.49. The van der Waals surface area contributed by atoms with E-state index in [4.69, 9.17) is 0 Å². The number of benzene rings is 2. The van der Waals surface area contributed by atoms with Gasteiger partial charge < -0.3 is 10.6 Å². The lowest BCUT2D eigenvalue weighted by Gasteiger charge is -2.34. The van der Waals surface area contributed by atoms with Gasteiger partial charge in [0.25, 0.3) is 5.91 Å². The number of halogens is 1. The summed E-state index contributed by atoms with van der Waals surface area (Å²) in [7, 11) is 0. The first-order chi connectivity index (χ1) is 12.8. The standard InChI is InChI=1S/C22H27N3O.ClH/c1-2-3-10-24-22(26)16-8-9-18-17-6-4-5-7-19(17)21(20(18)15-16)25-13-11-23-12-14-25;/h4-9,15,21,23H,2-3,10-14H2,1H3,(H,24,26);1H. The number of unbranched alkanes of at least 4 members (excludes halogenated alkanes) is 1. The number of nitrogens with zero attached hydrogens (tertiary/aromatic N) is 1. The van der Waals surface area contributed by atoms with Crippen molar-refractivity contribution >= 4 is 18.3 Å². The zero-order chi connectivity index (χ0) is 17.9. The van der Waals surface area contributed by atoms with E-state index in [2.05, 4.69) is 58.9 Å². The SMILES string of the molecule is CCCCNC(=O)c1ccc2c(c1)C(N1CCNCC1)c1ccccc1-2.Cl.